The van der Waals surface area contributed by atoms with Crippen LogP contribution >= 0.6 is 11.6 Å². The van der Waals surface area contributed by atoms with E-state index in [1.54, 1.807) is 13.2 Å². The highest BCUT2D eigenvalue weighted by Crippen LogP contribution is 2.39. The molecule has 1 aromatic carbocycles. The number of hydrogen-bond acceptors (Lipinski definition) is 2. The SMILES string of the molecule is COc1cc(F)c(C(Cl)CC2CCCCCC2)cc1OC. The first kappa shape index (κ1) is 16.4. The van der Waals surface area contributed by atoms with E-state index in [1.807, 2.05) is 0 Å². The number of methoxy groups -OCH3 is 2. The maximum atomic E-state index is 14.2. The molecule has 2 nitrogen and oxygen atoms in total. The summed E-state index contributed by atoms with van der Waals surface area (Å²) < 4.78 is 24.6. The first-order chi connectivity index (χ1) is 10.2. The van der Waals surface area contributed by atoms with E-state index in [0.717, 1.165) is 6.42 Å². The van der Waals surface area contributed by atoms with Gasteiger partial charge in [-0.1, -0.05) is 38.5 Å². The lowest BCUT2D eigenvalue weighted by Crippen LogP contribution is -2.06. The van der Waals surface area contributed by atoms with E-state index in [4.69, 9.17) is 21.1 Å². The van der Waals surface area contributed by atoms with Crippen molar-refractivity contribution in [1.29, 1.82) is 0 Å². The highest BCUT2D eigenvalue weighted by molar-refractivity contribution is 6.20. The van der Waals surface area contributed by atoms with Crippen LogP contribution < -0.4 is 9.47 Å². The van der Waals surface area contributed by atoms with Crippen LogP contribution in [0.25, 0.3) is 0 Å². The Morgan fingerprint density at radius 2 is 1.67 bits per heavy atom. The molecule has 4 heteroatoms. The van der Waals surface area contributed by atoms with Gasteiger partial charge in [0.25, 0.3) is 0 Å². The third-order valence-corrected chi connectivity index (χ3v) is 4.77. The monoisotopic (exact) mass is 314 g/mol. The molecule has 0 heterocycles. The molecule has 0 amide bonds. The van der Waals surface area contributed by atoms with Crippen molar-refractivity contribution in [3.63, 3.8) is 0 Å². The molecule has 118 valence electrons. The minimum absolute atomic E-state index is 0.312. The minimum atomic E-state index is -0.318. The van der Waals surface area contributed by atoms with Gasteiger partial charge in [-0.05, 0) is 18.4 Å². The zero-order valence-electron chi connectivity index (χ0n) is 12.8. The van der Waals surface area contributed by atoms with Crippen LogP contribution in [0.15, 0.2) is 12.1 Å². The summed E-state index contributed by atoms with van der Waals surface area (Å²) in [5.41, 5.74) is 0.513. The molecule has 0 aliphatic heterocycles. The molecule has 0 saturated heterocycles. The first-order valence-corrected chi connectivity index (χ1v) is 8.14. The number of benzene rings is 1. The second-order valence-corrected chi connectivity index (χ2v) is 6.32. The quantitative estimate of drug-likeness (QED) is 0.529. The van der Waals surface area contributed by atoms with Crippen molar-refractivity contribution < 1.29 is 13.9 Å². The molecule has 0 spiro atoms. The van der Waals surface area contributed by atoms with Crippen LogP contribution in [0.2, 0.25) is 0 Å². The molecule has 1 saturated carbocycles. The van der Waals surface area contributed by atoms with Gasteiger partial charge in [0, 0.05) is 11.6 Å². The number of halogens is 2. The highest BCUT2D eigenvalue weighted by Gasteiger charge is 2.22. The molecular weight excluding hydrogens is 291 g/mol. The average molecular weight is 315 g/mol. The summed E-state index contributed by atoms with van der Waals surface area (Å²) in [7, 11) is 3.05. The second kappa shape index (κ2) is 7.88. The molecule has 21 heavy (non-hydrogen) atoms. The van der Waals surface area contributed by atoms with E-state index >= 15 is 0 Å². The van der Waals surface area contributed by atoms with Crippen LogP contribution in [0.5, 0.6) is 11.5 Å². The van der Waals surface area contributed by atoms with Gasteiger partial charge in [-0.15, -0.1) is 11.6 Å². The lowest BCUT2D eigenvalue weighted by atomic mass is 9.92. The lowest BCUT2D eigenvalue weighted by Gasteiger charge is -2.19. The molecule has 1 atom stereocenters. The summed E-state index contributed by atoms with van der Waals surface area (Å²) in [6.07, 6.45) is 8.40. The molecule has 1 aliphatic carbocycles. The molecule has 0 bridgehead atoms. The van der Waals surface area contributed by atoms with Crippen molar-refractivity contribution in [3.05, 3.63) is 23.5 Å². The van der Waals surface area contributed by atoms with Gasteiger partial charge in [0.15, 0.2) is 11.5 Å². The van der Waals surface area contributed by atoms with Gasteiger partial charge in [0.2, 0.25) is 0 Å². The third-order valence-electron chi connectivity index (χ3n) is 4.36. The van der Waals surface area contributed by atoms with Crippen molar-refractivity contribution in [1.82, 2.24) is 0 Å². The van der Waals surface area contributed by atoms with Crippen molar-refractivity contribution in [2.75, 3.05) is 14.2 Å². The number of alkyl halides is 1. The largest absolute Gasteiger partial charge is 0.493 e. The number of hydrogen-bond donors (Lipinski definition) is 0. The molecule has 1 aromatic rings. The van der Waals surface area contributed by atoms with E-state index in [9.17, 15) is 4.39 Å². The van der Waals surface area contributed by atoms with Gasteiger partial charge in [-0.3, -0.25) is 0 Å². The van der Waals surface area contributed by atoms with Crippen LogP contribution in [0.1, 0.15) is 55.9 Å². The van der Waals surface area contributed by atoms with Crippen LogP contribution in [0.4, 0.5) is 4.39 Å². The Labute approximate surface area is 131 Å². The first-order valence-electron chi connectivity index (χ1n) is 7.71. The van der Waals surface area contributed by atoms with E-state index in [-0.39, 0.29) is 11.2 Å². The van der Waals surface area contributed by atoms with Gasteiger partial charge < -0.3 is 9.47 Å². The van der Waals surface area contributed by atoms with E-state index in [2.05, 4.69) is 0 Å². The van der Waals surface area contributed by atoms with E-state index < -0.39 is 0 Å². The molecule has 0 radical (unpaired) electrons. The normalized spacial score (nSPS) is 18.1. The molecule has 1 unspecified atom stereocenters. The molecule has 0 aromatic heterocycles. The highest BCUT2D eigenvalue weighted by atomic mass is 35.5. The number of ether oxygens (including phenoxy) is 2. The Balaban J connectivity index is 2.12. The lowest BCUT2D eigenvalue weighted by molar-refractivity contribution is 0.350. The third kappa shape index (κ3) is 4.26. The molecule has 2 rings (SSSR count). The molecule has 1 fully saturated rings. The summed E-state index contributed by atoms with van der Waals surface area (Å²) in [6.45, 7) is 0. The Bertz CT molecular complexity index is 456. The van der Waals surface area contributed by atoms with Crippen molar-refractivity contribution in [2.24, 2.45) is 5.92 Å². The van der Waals surface area contributed by atoms with Crippen LogP contribution in [0, 0.1) is 11.7 Å². The Morgan fingerprint density at radius 1 is 1.10 bits per heavy atom. The fourth-order valence-corrected chi connectivity index (χ4v) is 3.55. The summed E-state index contributed by atoms with van der Waals surface area (Å²) in [6, 6.07) is 3.03. The summed E-state index contributed by atoms with van der Waals surface area (Å²) in [5.74, 6) is 1.21. The average Bonchev–Trinajstić information content (AvgIpc) is 2.75. The molecule has 1 aliphatic rings. The topological polar surface area (TPSA) is 18.5 Å². The zero-order chi connectivity index (χ0) is 15.2. The van der Waals surface area contributed by atoms with E-state index in [0.29, 0.717) is 23.0 Å². The van der Waals surface area contributed by atoms with E-state index in [1.165, 1.54) is 51.7 Å². The molecular formula is C17H24ClFO2. The van der Waals surface area contributed by atoms with Crippen molar-refractivity contribution in [3.8, 4) is 11.5 Å². The fourth-order valence-electron chi connectivity index (χ4n) is 3.13. The smallest absolute Gasteiger partial charge is 0.163 e. The van der Waals surface area contributed by atoms with Gasteiger partial charge in [-0.25, -0.2) is 4.39 Å². The predicted octanol–water partition coefficient (Wildman–Crippen LogP) is 5.48. The van der Waals surface area contributed by atoms with Gasteiger partial charge in [0.1, 0.15) is 5.82 Å². The predicted molar refractivity (Wildman–Crippen MR) is 83.9 cm³/mol. The van der Waals surface area contributed by atoms with Crippen molar-refractivity contribution >= 4 is 11.6 Å². The molecule has 0 N–H and O–H groups in total. The Kier molecular flexibility index (Phi) is 6.16. The van der Waals surface area contributed by atoms with Gasteiger partial charge >= 0.3 is 0 Å². The minimum Gasteiger partial charge on any atom is -0.493 e. The van der Waals surface area contributed by atoms with Gasteiger partial charge in [0.05, 0.1) is 19.6 Å². The van der Waals surface area contributed by atoms with Gasteiger partial charge in [-0.2, -0.15) is 0 Å². The Hall–Kier alpha value is -0.960. The standard InChI is InChI=1S/C17H24ClFO2/c1-20-16-10-13(15(19)11-17(16)21-2)14(18)9-12-7-5-3-4-6-8-12/h10-12,14H,3-9H2,1-2H3. The summed E-state index contributed by atoms with van der Waals surface area (Å²) in [5, 5.41) is -0.312. The van der Waals surface area contributed by atoms with Crippen molar-refractivity contribution in [2.45, 2.75) is 50.3 Å². The van der Waals surface area contributed by atoms with Crippen LogP contribution in [0.3, 0.4) is 0 Å². The summed E-state index contributed by atoms with van der Waals surface area (Å²) >= 11 is 6.49. The number of rotatable bonds is 5. The maximum absolute atomic E-state index is 14.2. The second-order valence-electron chi connectivity index (χ2n) is 5.79. The maximum Gasteiger partial charge on any atom is 0.163 e. The van der Waals surface area contributed by atoms with Crippen LogP contribution in [-0.2, 0) is 0 Å². The van der Waals surface area contributed by atoms with Crippen LogP contribution in [-0.4, -0.2) is 14.2 Å². The fraction of sp³-hybridized carbons (Fsp3) is 0.647. The summed E-state index contributed by atoms with van der Waals surface area (Å²) in [4.78, 5) is 0. The Morgan fingerprint density at radius 3 is 2.24 bits per heavy atom. The zero-order valence-corrected chi connectivity index (χ0v) is 13.6.